The molecule has 0 saturated carbocycles. The third kappa shape index (κ3) is 3.67. The Morgan fingerprint density at radius 1 is 1.10 bits per heavy atom. The predicted molar refractivity (Wildman–Crippen MR) is 89.4 cm³/mol. The van der Waals surface area contributed by atoms with Gasteiger partial charge in [-0.2, -0.15) is 0 Å². The standard InChI is InChI=1S/C14H12BrCl3N2/c15-10-6-8(4-5-11(10)16)13(20-19)7-9-2-1-3-12(17)14(9)18/h1-6,13,20H,7,19H2. The van der Waals surface area contributed by atoms with Gasteiger partial charge in [0.25, 0.3) is 0 Å². The zero-order valence-electron chi connectivity index (χ0n) is 10.3. The van der Waals surface area contributed by atoms with E-state index in [-0.39, 0.29) is 6.04 Å². The predicted octanol–water partition coefficient (Wildman–Crippen LogP) is 5.16. The highest BCUT2D eigenvalue weighted by Crippen LogP contribution is 2.31. The van der Waals surface area contributed by atoms with E-state index < -0.39 is 0 Å². The highest BCUT2D eigenvalue weighted by atomic mass is 79.9. The van der Waals surface area contributed by atoms with Crippen molar-refractivity contribution in [3.8, 4) is 0 Å². The van der Waals surface area contributed by atoms with Crippen molar-refractivity contribution in [2.24, 2.45) is 5.84 Å². The first-order valence-corrected chi connectivity index (χ1v) is 7.79. The van der Waals surface area contributed by atoms with Crippen molar-refractivity contribution in [3.05, 3.63) is 67.1 Å². The molecular formula is C14H12BrCl3N2. The van der Waals surface area contributed by atoms with Crippen LogP contribution in [-0.4, -0.2) is 0 Å². The molecule has 0 heterocycles. The molecule has 1 atom stereocenters. The average molecular weight is 395 g/mol. The van der Waals surface area contributed by atoms with Crippen LogP contribution in [0.15, 0.2) is 40.9 Å². The summed E-state index contributed by atoms with van der Waals surface area (Å²) in [7, 11) is 0. The summed E-state index contributed by atoms with van der Waals surface area (Å²) in [5.74, 6) is 5.65. The number of hydrazine groups is 1. The molecule has 3 N–H and O–H groups in total. The Labute approximate surface area is 141 Å². The summed E-state index contributed by atoms with van der Waals surface area (Å²) in [6.07, 6.45) is 0.629. The Morgan fingerprint density at radius 3 is 2.50 bits per heavy atom. The van der Waals surface area contributed by atoms with Crippen molar-refractivity contribution in [2.75, 3.05) is 0 Å². The minimum atomic E-state index is -0.0838. The molecule has 2 aromatic rings. The molecule has 0 bridgehead atoms. The smallest absolute Gasteiger partial charge is 0.0624 e. The molecule has 0 aliphatic carbocycles. The van der Waals surface area contributed by atoms with Crippen LogP contribution in [0.2, 0.25) is 15.1 Å². The minimum Gasteiger partial charge on any atom is -0.271 e. The largest absolute Gasteiger partial charge is 0.271 e. The molecule has 2 aromatic carbocycles. The Kier molecular flexibility index (Phi) is 5.73. The lowest BCUT2D eigenvalue weighted by Crippen LogP contribution is -2.29. The van der Waals surface area contributed by atoms with Crippen molar-refractivity contribution < 1.29 is 0 Å². The van der Waals surface area contributed by atoms with Gasteiger partial charge in [-0.1, -0.05) is 53.0 Å². The van der Waals surface area contributed by atoms with Gasteiger partial charge in [0, 0.05) is 4.47 Å². The highest BCUT2D eigenvalue weighted by Gasteiger charge is 2.14. The second-order valence-electron chi connectivity index (χ2n) is 4.31. The van der Waals surface area contributed by atoms with E-state index in [2.05, 4.69) is 21.4 Å². The summed E-state index contributed by atoms with van der Waals surface area (Å²) in [5, 5.41) is 1.75. The van der Waals surface area contributed by atoms with Crippen LogP contribution in [0.1, 0.15) is 17.2 Å². The second kappa shape index (κ2) is 7.12. The summed E-state index contributed by atoms with van der Waals surface area (Å²) in [6, 6.07) is 11.2. The van der Waals surface area contributed by atoms with Crippen LogP contribution in [0.5, 0.6) is 0 Å². The number of halogens is 4. The van der Waals surface area contributed by atoms with Gasteiger partial charge >= 0.3 is 0 Å². The van der Waals surface area contributed by atoms with Gasteiger partial charge in [0.15, 0.2) is 0 Å². The number of nitrogens with one attached hydrogen (secondary N) is 1. The van der Waals surface area contributed by atoms with Gasteiger partial charge in [0.1, 0.15) is 0 Å². The fourth-order valence-corrected chi connectivity index (χ4v) is 2.84. The average Bonchev–Trinajstić information content (AvgIpc) is 2.44. The molecule has 0 saturated heterocycles. The van der Waals surface area contributed by atoms with Crippen molar-refractivity contribution in [2.45, 2.75) is 12.5 Å². The van der Waals surface area contributed by atoms with Crippen LogP contribution < -0.4 is 11.3 Å². The summed E-state index contributed by atoms with van der Waals surface area (Å²) >= 11 is 21.6. The van der Waals surface area contributed by atoms with E-state index >= 15 is 0 Å². The normalized spacial score (nSPS) is 12.4. The number of hydrogen-bond donors (Lipinski definition) is 2. The van der Waals surface area contributed by atoms with E-state index in [0.29, 0.717) is 21.5 Å². The summed E-state index contributed by atoms with van der Waals surface area (Å²) in [4.78, 5) is 0. The van der Waals surface area contributed by atoms with Gasteiger partial charge < -0.3 is 0 Å². The van der Waals surface area contributed by atoms with Crippen LogP contribution in [0, 0.1) is 0 Å². The second-order valence-corrected chi connectivity index (χ2v) is 6.36. The molecule has 106 valence electrons. The number of benzene rings is 2. The van der Waals surface area contributed by atoms with Gasteiger partial charge in [-0.3, -0.25) is 11.3 Å². The van der Waals surface area contributed by atoms with Crippen molar-refractivity contribution in [3.63, 3.8) is 0 Å². The van der Waals surface area contributed by atoms with E-state index in [1.165, 1.54) is 0 Å². The molecule has 0 aliphatic rings. The van der Waals surface area contributed by atoms with Crippen LogP contribution >= 0.6 is 50.7 Å². The highest BCUT2D eigenvalue weighted by molar-refractivity contribution is 9.10. The van der Waals surface area contributed by atoms with Gasteiger partial charge in [-0.15, -0.1) is 0 Å². The molecule has 2 rings (SSSR count). The minimum absolute atomic E-state index is 0.0838. The van der Waals surface area contributed by atoms with Gasteiger partial charge in [0.2, 0.25) is 0 Å². The van der Waals surface area contributed by atoms with Gasteiger partial charge in [0.05, 0.1) is 21.1 Å². The molecular weight excluding hydrogens is 382 g/mol. The van der Waals surface area contributed by atoms with Crippen LogP contribution in [-0.2, 0) is 6.42 Å². The summed E-state index contributed by atoms with van der Waals surface area (Å²) in [6.45, 7) is 0. The van der Waals surface area contributed by atoms with Crippen molar-refractivity contribution in [1.82, 2.24) is 5.43 Å². The first kappa shape index (κ1) is 16.1. The lowest BCUT2D eigenvalue weighted by Gasteiger charge is -2.18. The molecule has 0 fully saturated rings. The number of rotatable bonds is 4. The molecule has 6 heteroatoms. The van der Waals surface area contributed by atoms with E-state index in [1.54, 1.807) is 6.07 Å². The molecule has 2 nitrogen and oxygen atoms in total. The molecule has 0 aliphatic heterocycles. The Hall–Kier alpha value is -0.290. The van der Waals surface area contributed by atoms with Crippen molar-refractivity contribution >= 4 is 50.7 Å². The SMILES string of the molecule is NNC(Cc1cccc(Cl)c1Cl)c1ccc(Cl)c(Br)c1. The quantitative estimate of drug-likeness (QED) is 0.555. The summed E-state index contributed by atoms with van der Waals surface area (Å²) < 4.78 is 0.828. The maximum Gasteiger partial charge on any atom is 0.0624 e. The Morgan fingerprint density at radius 2 is 1.85 bits per heavy atom. The maximum absolute atomic E-state index is 6.21. The third-order valence-corrected chi connectivity index (χ3v) is 5.07. The molecule has 0 spiro atoms. The monoisotopic (exact) mass is 392 g/mol. The Balaban J connectivity index is 2.28. The third-order valence-electron chi connectivity index (χ3n) is 3.00. The molecule has 0 radical (unpaired) electrons. The zero-order chi connectivity index (χ0) is 14.7. The molecule has 0 aromatic heterocycles. The Bertz CT molecular complexity index is 619. The molecule has 1 unspecified atom stereocenters. The molecule has 0 amide bonds. The van der Waals surface area contributed by atoms with E-state index in [9.17, 15) is 0 Å². The van der Waals surface area contributed by atoms with Crippen LogP contribution in [0.25, 0.3) is 0 Å². The van der Waals surface area contributed by atoms with Crippen molar-refractivity contribution in [1.29, 1.82) is 0 Å². The lowest BCUT2D eigenvalue weighted by atomic mass is 9.99. The topological polar surface area (TPSA) is 38.0 Å². The maximum atomic E-state index is 6.21. The van der Waals surface area contributed by atoms with E-state index in [0.717, 1.165) is 15.6 Å². The van der Waals surface area contributed by atoms with Crippen LogP contribution in [0.4, 0.5) is 0 Å². The first-order chi connectivity index (χ1) is 9.52. The lowest BCUT2D eigenvalue weighted by molar-refractivity contribution is 0.552. The van der Waals surface area contributed by atoms with E-state index in [4.69, 9.17) is 40.6 Å². The number of hydrogen-bond acceptors (Lipinski definition) is 2. The van der Waals surface area contributed by atoms with Gasteiger partial charge in [-0.05, 0) is 51.7 Å². The number of nitrogens with two attached hydrogens (primary N) is 1. The first-order valence-electron chi connectivity index (χ1n) is 5.87. The molecule has 20 heavy (non-hydrogen) atoms. The van der Waals surface area contributed by atoms with E-state index in [1.807, 2.05) is 30.3 Å². The fraction of sp³-hybridized carbons (Fsp3) is 0.143. The van der Waals surface area contributed by atoms with Crippen LogP contribution in [0.3, 0.4) is 0 Å². The summed E-state index contributed by atoms with van der Waals surface area (Å²) in [5.41, 5.74) is 4.75. The fourth-order valence-electron chi connectivity index (χ4n) is 1.93. The zero-order valence-corrected chi connectivity index (χ0v) is 14.2. The van der Waals surface area contributed by atoms with Gasteiger partial charge in [-0.25, -0.2) is 0 Å².